The molecule has 4 aromatic rings. The Morgan fingerprint density at radius 1 is 1.13 bits per heavy atom. The number of nitrogens with one attached hydrogen (secondary N) is 1. The molecule has 0 aliphatic carbocycles. The van der Waals surface area contributed by atoms with Crippen LogP contribution in [0.3, 0.4) is 0 Å². The number of aromatic nitrogens is 4. The summed E-state index contributed by atoms with van der Waals surface area (Å²) >= 11 is 0. The number of nitrogens with zero attached hydrogens (tertiary/aromatic N) is 4. The molecule has 1 amide bonds. The topological polar surface area (TPSA) is 85.3 Å². The summed E-state index contributed by atoms with van der Waals surface area (Å²) in [5, 5.41) is 6.30. The van der Waals surface area contributed by atoms with E-state index in [4.69, 9.17) is 4.42 Å². The number of anilines is 1. The first-order valence-corrected chi connectivity index (χ1v) is 9.02. The molecule has 7 nitrogen and oxygen atoms in total. The van der Waals surface area contributed by atoms with E-state index in [1.54, 1.807) is 12.1 Å². The molecule has 0 spiro atoms. The molecule has 1 aromatic carbocycles. The molecule has 0 unspecified atom stereocenters. The molecule has 30 heavy (non-hydrogen) atoms. The molecular weight excluding hydrogens is 399 g/mol. The quantitative estimate of drug-likeness (QED) is 0.519. The minimum absolute atomic E-state index is 0.0662. The molecule has 0 aliphatic heterocycles. The van der Waals surface area contributed by atoms with Crippen molar-refractivity contribution in [2.45, 2.75) is 25.9 Å². The molecule has 0 saturated heterocycles. The van der Waals surface area contributed by atoms with Crippen LogP contribution >= 0.6 is 0 Å². The molecule has 3 aromatic heterocycles. The van der Waals surface area contributed by atoms with Crippen LogP contribution < -0.4 is 5.32 Å². The van der Waals surface area contributed by atoms with Crippen LogP contribution in [0.15, 0.2) is 53.1 Å². The van der Waals surface area contributed by atoms with E-state index in [9.17, 15) is 18.0 Å². The summed E-state index contributed by atoms with van der Waals surface area (Å²) in [6, 6.07) is 10.9. The third-order valence-corrected chi connectivity index (χ3v) is 4.41. The van der Waals surface area contributed by atoms with Crippen molar-refractivity contribution in [3.63, 3.8) is 0 Å². The van der Waals surface area contributed by atoms with Crippen molar-refractivity contribution in [1.82, 2.24) is 19.6 Å². The van der Waals surface area contributed by atoms with Gasteiger partial charge < -0.3 is 9.73 Å². The number of hydrogen-bond acceptors (Lipinski definition) is 5. The van der Waals surface area contributed by atoms with E-state index in [1.807, 2.05) is 26.0 Å². The standard InChI is InChI=1S/C20H16F3N5O2/c1-11(2)12-5-7-13(8-6-12)24-18(29)17-26-19-25-14(15-4-3-9-30-15)10-16(20(21,22)23)28(19)27-17/h3-11H,1-2H3,(H,24,29). The maximum atomic E-state index is 13.6. The lowest BCUT2D eigenvalue weighted by Gasteiger charge is -2.09. The van der Waals surface area contributed by atoms with Crippen LogP contribution in [0.2, 0.25) is 0 Å². The molecule has 1 N–H and O–H groups in total. The summed E-state index contributed by atoms with van der Waals surface area (Å²) in [5.74, 6) is -1.08. The minimum atomic E-state index is -4.74. The number of fused-ring (bicyclic) bond motifs is 1. The van der Waals surface area contributed by atoms with Gasteiger partial charge >= 0.3 is 6.18 Å². The van der Waals surface area contributed by atoms with Crippen LogP contribution in [0, 0.1) is 0 Å². The largest absolute Gasteiger partial charge is 0.463 e. The van der Waals surface area contributed by atoms with Gasteiger partial charge in [0.25, 0.3) is 11.7 Å². The number of hydrogen-bond donors (Lipinski definition) is 1. The van der Waals surface area contributed by atoms with Crippen LogP contribution in [-0.2, 0) is 6.18 Å². The Kier molecular flexibility index (Phi) is 4.76. The Morgan fingerprint density at radius 3 is 2.47 bits per heavy atom. The normalized spacial score (nSPS) is 11.9. The van der Waals surface area contributed by atoms with Crippen molar-refractivity contribution in [3.8, 4) is 11.5 Å². The van der Waals surface area contributed by atoms with E-state index >= 15 is 0 Å². The number of halogens is 3. The highest BCUT2D eigenvalue weighted by molar-refractivity contribution is 6.01. The second-order valence-corrected chi connectivity index (χ2v) is 6.88. The highest BCUT2D eigenvalue weighted by Gasteiger charge is 2.36. The molecule has 10 heteroatoms. The maximum absolute atomic E-state index is 13.6. The number of carbonyl (C=O) groups is 1. The van der Waals surface area contributed by atoms with Gasteiger partial charge in [0.15, 0.2) is 11.5 Å². The lowest BCUT2D eigenvalue weighted by Crippen LogP contribution is -2.16. The van der Waals surface area contributed by atoms with Gasteiger partial charge in [-0.1, -0.05) is 26.0 Å². The number of amides is 1. The SMILES string of the molecule is CC(C)c1ccc(NC(=O)c2nc3nc(-c4ccco4)cc(C(F)(F)F)n3n2)cc1. The van der Waals surface area contributed by atoms with E-state index in [-0.39, 0.29) is 17.2 Å². The smallest absolute Gasteiger partial charge is 0.433 e. The third kappa shape index (κ3) is 3.76. The van der Waals surface area contributed by atoms with E-state index < -0.39 is 23.6 Å². The zero-order valence-corrected chi connectivity index (χ0v) is 15.9. The van der Waals surface area contributed by atoms with Crippen molar-refractivity contribution >= 4 is 17.4 Å². The highest BCUT2D eigenvalue weighted by Crippen LogP contribution is 2.32. The summed E-state index contributed by atoms with van der Waals surface area (Å²) in [6.45, 7) is 4.08. The first-order valence-electron chi connectivity index (χ1n) is 9.02. The monoisotopic (exact) mass is 415 g/mol. The first kappa shape index (κ1) is 19.6. The van der Waals surface area contributed by atoms with E-state index in [0.717, 1.165) is 11.6 Å². The third-order valence-electron chi connectivity index (χ3n) is 4.41. The van der Waals surface area contributed by atoms with Crippen LogP contribution in [0.25, 0.3) is 17.2 Å². The average molecular weight is 415 g/mol. The minimum Gasteiger partial charge on any atom is -0.463 e. The molecule has 0 atom stereocenters. The zero-order chi connectivity index (χ0) is 21.5. The summed E-state index contributed by atoms with van der Waals surface area (Å²) in [6.07, 6.45) is -3.42. The summed E-state index contributed by atoms with van der Waals surface area (Å²) in [5.41, 5.74) is 0.377. The lowest BCUT2D eigenvalue weighted by atomic mass is 10.0. The van der Waals surface area contributed by atoms with Crippen LogP contribution in [0.5, 0.6) is 0 Å². The molecule has 0 aliphatic rings. The predicted molar refractivity (Wildman–Crippen MR) is 102 cm³/mol. The number of furan rings is 1. The molecule has 0 fully saturated rings. The Hall–Kier alpha value is -3.69. The van der Waals surface area contributed by atoms with Gasteiger partial charge in [0.05, 0.1) is 6.26 Å². The zero-order valence-electron chi connectivity index (χ0n) is 15.9. The van der Waals surface area contributed by atoms with Gasteiger partial charge in [-0.05, 0) is 41.8 Å². The number of carbonyl (C=O) groups excluding carboxylic acids is 1. The highest BCUT2D eigenvalue weighted by atomic mass is 19.4. The van der Waals surface area contributed by atoms with Gasteiger partial charge in [0.2, 0.25) is 5.82 Å². The van der Waals surface area contributed by atoms with Crippen molar-refractivity contribution in [2.75, 3.05) is 5.32 Å². The molecule has 4 rings (SSSR count). The Labute approximate surface area is 168 Å². The van der Waals surface area contributed by atoms with Gasteiger partial charge in [0, 0.05) is 5.69 Å². The van der Waals surface area contributed by atoms with E-state index in [1.165, 1.54) is 18.4 Å². The van der Waals surface area contributed by atoms with Crippen molar-refractivity contribution in [3.05, 3.63) is 65.8 Å². The Morgan fingerprint density at radius 2 is 1.87 bits per heavy atom. The van der Waals surface area contributed by atoms with E-state index in [0.29, 0.717) is 16.1 Å². The van der Waals surface area contributed by atoms with Crippen molar-refractivity contribution in [1.29, 1.82) is 0 Å². The fraction of sp³-hybridized carbons (Fsp3) is 0.200. The Balaban J connectivity index is 1.70. The van der Waals surface area contributed by atoms with Gasteiger partial charge in [-0.25, -0.2) is 4.98 Å². The Bertz CT molecular complexity index is 1200. The van der Waals surface area contributed by atoms with Gasteiger partial charge in [-0.15, -0.1) is 5.10 Å². The molecule has 0 bridgehead atoms. The molecule has 0 radical (unpaired) electrons. The molecule has 154 valence electrons. The molecule has 0 saturated carbocycles. The number of rotatable bonds is 4. The summed E-state index contributed by atoms with van der Waals surface area (Å²) < 4.78 is 46.3. The lowest BCUT2D eigenvalue weighted by molar-refractivity contribution is -0.142. The second kappa shape index (κ2) is 7.29. The van der Waals surface area contributed by atoms with E-state index in [2.05, 4.69) is 20.4 Å². The van der Waals surface area contributed by atoms with Crippen LogP contribution in [-0.4, -0.2) is 25.5 Å². The van der Waals surface area contributed by atoms with Crippen LogP contribution in [0.4, 0.5) is 18.9 Å². The summed E-state index contributed by atoms with van der Waals surface area (Å²) in [4.78, 5) is 20.4. The fourth-order valence-electron chi connectivity index (χ4n) is 2.86. The number of alkyl halides is 3. The fourth-order valence-corrected chi connectivity index (χ4v) is 2.86. The molecular formula is C20H16F3N5O2. The predicted octanol–water partition coefficient (Wildman–Crippen LogP) is 4.78. The molecule has 3 heterocycles. The van der Waals surface area contributed by atoms with Crippen LogP contribution in [0.1, 0.15) is 41.6 Å². The van der Waals surface area contributed by atoms with Gasteiger partial charge in [-0.3, -0.25) is 4.79 Å². The maximum Gasteiger partial charge on any atom is 0.433 e. The van der Waals surface area contributed by atoms with Gasteiger partial charge in [0.1, 0.15) is 5.69 Å². The average Bonchev–Trinajstić information content (AvgIpc) is 3.36. The summed E-state index contributed by atoms with van der Waals surface area (Å²) in [7, 11) is 0. The number of benzene rings is 1. The van der Waals surface area contributed by atoms with Crippen molar-refractivity contribution < 1.29 is 22.4 Å². The van der Waals surface area contributed by atoms with Crippen molar-refractivity contribution in [2.24, 2.45) is 0 Å². The van der Waals surface area contributed by atoms with Gasteiger partial charge in [-0.2, -0.15) is 22.7 Å². The first-order chi connectivity index (χ1) is 14.2. The second-order valence-electron chi connectivity index (χ2n) is 6.88.